The van der Waals surface area contributed by atoms with E-state index >= 15 is 0 Å². The van der Waals surface area contributed by atoms with Crippen LogP contribution in [0.3, 0.4) is 0 Å². The van der Waals surface area contributed by atoms with E-state index < -0.39 is 0 Å². The molecule has 9 heteroatoms. The van der Waals surface area contributed by atoms with Gasteiger partial charge in [-0.15, -0.1) is 10.2 Å². The summed E-state index contributed by atoms with van der Waals surface area (Å²) in [6.07, 6.45) is 6.16. The van der Waals surface area contributed by atoms with Crippen LogP contribution in [-0.2, 0) is 0 Å². The van der Waals surface area contributed by atoms with Gasteiger partial charge in [0.15, 0.2) is 10.6 Å². The van der Waals surface area contributed by atoms with Gasteiger partial charge in [-0.3, -0.25) is 0 Å². The Morgan fingerprint density at radius 3 is 2.67 bits per heavy atom. The van der Waals surface area contributed by atoms with Gasteiger partial charge in [0.1, 0.15) is 11.6 Å². The van der Waals surface area contributed by atoms with Gasteiger partial charge < -0.3 is 20.3 Å². The number of rotatable bonds is 7. The summed E-state index contributed by atoms with van der Waals surface area (Å²) in [5.74, 6) is 2.26. The predicted molar refractivity (Wildman–Crippen MR) is 134 cm³/mol. The number of para-hydroxylation sites is 1. The smallest absolute Gasteiger partial charge is 0.198 e. The molecule has 2 bridgehead atoms. The van der Waals surface area contributed by atoms with Crippen molar-refractivity contribution in [3.8, 4) is 17.0 Å². The summed E-state index contributed by atoms with van der Waals surface area (Å²) in [5.41, 5.74) is 8.98. The maximum atomic E-state index is 6.32. The number of ether oxygens (including phenoxy) is 1. The average Bonchev–Trinajstić information content (AvgIpc) is 3.09. The Kier molecular flexibility index (Phi) is 6.30. The van der Waals surface area contributed by atoms with Gasteiger partial charge in [-0.2, -0.15) is 0 Å². The molecule has 33 heavy (non-hydrogen) atoms. The number of anilines is 3. The lowest BCUT2D eigenvalue weighted by Gasteiger charge is -2.42. The molecule has 2 aliphatic rings. The number of nitrogens with two attached hydrogens (primary N) is 1. The Bertz CT molecular complexity index is 1110. The predicted octanol–water partition coefficient (Wildman–Crippen LogP) is 4.31. The number of hydrogen-bond donors (Lipinski definition) is 1. The molecule has 2 unspecified atom stereocenters. The first-order valence-electron chi connectivity index (χ1n) is 11.5. The third-order valence-corrected chi connectivity index (χ3v) is 6.80. The van der Waals surface area contributed by atoms with Crippen molar-refractivity contribution in [1.82, 2.24) is 20.2 Å². The van der Waals surface area contributed by atoms with Gasteiger partial charge in [0, 0.05) is 36.9 Å². The van der Waals surface area contributed by atoms with Crippen molar-refractivity contribution in [2.24, 2.45) is 0 Å². The summed E-state index contributed by atoms with van der Waals surface area (Å²) in [4.78, 5) is 13.6. The van der Waals surface area contributed by atoms with E-state index in [4.69, 9.17) is 10.5 Å². The lowest BCUT2D eigenvalue weighted by Crippen LogP contribution is -2.54. The van der Waals surface area contributed by atoms with Crippen LogP contribution in [-0.4, -0.2) is 51.9 Å². The van der Waals surface area contributed by atoms with Crippen molar-refractivity contribution >= 4 is 33.3 Å². The minimum Gasteiger partial charge on any atom is -0.493 e. The quantitative estimate of drug-likeness (QED) is 0.371. The molecule has 2 N–H and O–H groups in total. The van der Waals surface area contributed by atoms with Crippen LogP contribution in [0.25, 0.3) is 11.3 Å². The van der Waals surface area contributed by atoms with Gasteiger partial charge in [0.2, 0.25) is 0 Å². The van der Waals surface area contributed by atoms with Crippen LogP contribution in [0.1, 0.15) is 32.6 Å². The summed E-state index contributed by atoms with van der Waals surface area (Å²) in [5, 5.41) is 8.72. The maximum Gasteiger partial charge on any atom is 0.198 e. The van der Waals surface area contributed by atoms with Crippen LogP contribution in [0.5, 0.6) is 5.75 Å². The Hall–Kier alpha value is -2.94. The van der Waals surface area contributed by atoms with Crippen molar-refractivity contribution in [3.63, 3.8) is 0 Å². The van der Waals surface area contributed by atoms with Crippen molar-refractivity contribution in [1.29, 1.82) is 0 Å². The second-order valence-electron chi connectivity index (χ2n) is 8.58. The first-order chi connectivity index (χ1) is 16.1. The Labute approximate surface area is 202 Å². The number of unbranched alkanes of at least 4 members (excludes halogenated alkanes) is 1. The monoisotopic (exact) mass is 509 g/mol. The second-order valence-corrected chi connectivity index (χ2v) is 9.29. The number of piperazine rings is 1. The van der Waals surface area contributed by atoms with Crippen LogP contribution < -0.4 is 20.3 Å². The second kappa shape index (κ2) is 9.51. The Morgan fingerprint density at radius 1 is 1.12 bits per heavy atom. The molecule has 0 radical (unpaired) electrons. The van der Waals surface area contributed by atoms with E-state index in [1.54, 1.807) is 6.20 Å². The fourth-order valence-corrected chi connectivity index (χ4v) is 5.15. The topological polar surface area (TPSA) is 93.3 Å². The van der Waals surface area contributed by atoms with E-state index in [1.807, 2.05) is 30.3 Å². The van der Waals surface area contributed by atoms with Crippen LogP contribution in [0.2, 0.25) is 0 Å². The molecule has 2 fully saturated rings. The first-order valence-corrected chi connectivity index (χ1v) is 12.3. The van der Waals surface area contributed by atoms with E-state index in [0.29, 0.717) is 29.2 Å². The molecule has 5 rings (SSSR count). The number of halogens is 1. The molecular formula is C24H28BrN7O. The molecule has 4 heterocycles. The molecular weight excluding hydrogens is 482 g/mol. The van der Waals surface area contributed by atoms with Gasteiger partial charge in [-0.1, -0.05) is 25.5 Å². The van der Waals surface area contributed by atoms with Crippen LogP contribution in [0.15, 0.2) is 47.3 Å². The van der Waals surface area contributed by atoms with E-state index in [9.17, 15) is 0 Å². The molecule has 2 atom stereocenters. The lowest BCUT2D eigenvalue weighted by molar-refractivity contribution is 0.310. The van der Waals surface area contributed by atoms with Crippen molar-refractivity contribution < 1.29 is 4.74 Å². The Morgan fingerprint density at radius 2 is 1.91 bits per heavy atom. The summed E-state index contributed by atoms with van der Waals surface area (Å²) < 4.78 is 6.65. The first kappa shape index (κ1) is 21.9. The summed E-state index contributed by atoms with van der Waals surface area (Å²) in [6.45, 7) is 4.57. The molecule has 2 saturated heterocycles. The number of benzene rings is 1. The van der Waals surface area contributed by atoms with Crippen molar-refractivity contribution in [3.05, 3.63) is 47.3 Å². The molecule has 1 aromatic carbocycles. The molecule has 3 aromatic rings. The highest BCUT2D eigenvalue weighted by molar-refractivity contribution is 9.10. The summed E-state index contributed by atoms with van der Waals surface area (Å²) in [6, 6.07) is 12.8. The number of hydrogen-bond acceptors (Lipinski definition) is 8. The van der Waals surface area contributed by atoms with Gasteiger partial charge in [-0.25, -0.2) is 9.97 Å². The van der Waals surface area contributed by atoms with Crippen LogP contribution in [0, 0.1) is 0 Å². The third kappa shape index (κ3) is 4.46. The molecule has 2 aliphatic heterocycles. The van der Waals surface area contributed by atoms with Gasteiger partial charge in [0.25, 0.3) is 0 Å². The number of aromatic nitrogens is 4. The standard InChI is InChI=1S/C24H28BrN7O/c1-2-3-12-33-21-7-5-4-6-18(21)19-13-20(23(26)30-29-19)31-14-16-8-9-17(15-31)32(16)22-10-11-27-24(25)28-22/h4-7,10-11,13,16-17H,2-3,8-9,12,14-15H2,1H3,(H2,26,30). The number of nitrogen functional groups attached to an aromatic ring is 1. The molecule has 0 amide bonds. The highest BCUT2D eigenvalue weighted by Crippen LogP contribution is 2.38. The molecule has 2 aromatic heterocycles. The zero-order valence-electron chi connectivity index (χ0n) is 18.7. The lowest BCUT2D eigenvalue weighted by atomic mass is 10.1. The molecule has 0 aliphatic carbocycles. The number of nitrogens with zero attached hydrogens (tertiary/aromatic N) is 6. The molecule has 0 spiro atoms. The Balaban J connectivity index is 1.40. The minimum absolute atomic E-state index is 0.367. The van der Waals surface area contributed by atoms with E-state index in [2.05, 4.69) is 58.9 Å². The molecule has 172 valence electrons. The number of fused-ring (bicyclic) bond motifs is 2. The summed E-state index contributed by atoms with van der Waals surface area (Å²) >= 11 is 3.40. The van der Waals surface area contributed by atoms with Crippen LogP contribution in [0.4, 0.5) is 17.3 Å². The third-order valence-electron chi connectivity index (χ3n) is 6.42. The fraction of sp³-hybridized carbons (Fsp3) is 0.417. The highest BCUT2D eigenvalue weighted by Gasteiger charge is 2.41. The van der Waals surface area contributed by atoms with E-state index in [0.717, 1.165) is 67.3 Å². The fourth-order valence-electron chi connectivity index (χ4n) is 4.85. The van der Waals surface area contributed by atoms with Crippen molar-refractivity contribution in [2.45, 2.75) is 44.7 Å². The normalized spacial score (nSPS) is 19.7. The maximum absolute atomic E-state index is 6.32. The van der Waals surface area contributed by atoms with Gasteiger partial charge in [-0.05, 0) is 59.5 Å². The average molecular weight is 510 g/mol. The molecule has 0 saturated carbocycles. The molecule has 8 nitrogen and oxygen atoms in total. The SMILES string of the molecule is CCCCOc1ccccc1-c1cc(N2CC3CCC(C2)N3c2ccnc(Br)n2)c(N)nn1. The summed E-state index contributed by atoms with van der Waals surface area (Å²) in [7, 11) is 0. The van der Waals surface area contributed by atoms with E-state index in [-0.39, 0.29) is 0 Å². The highest BCUT2D eigenvalue weighted by atomic mass is 79.9. The van der Waals surface area contributed by atoms with Crippen LogP contribution >= 0.6 is 15.9 Å². The zero-order valence-corrected chi connectivity index (χ0v) is 20.3. The van der Waals surface area contributed by atoms with E-state index in [1.165, 1.54) is 0 Å². The minimum atomic E-state index is 0.367. The zero-order chi connectivity index (χ0) is 22.8. The van der Waals surface area contributed by atoms with Gasteiger partial charge in [0.05, 0.1) is 18.0 Å². The largest absolute Gasteiger partial charge is 0.493 e. The van der Waals surface area contributed by atoms with Gasteiger partial charge >= 0.3 is 0 Å². The van der Waals surface area contributed by atoms with Crippen molar-refractivity contribution in [2.75, 3.05) is 35.2 Å².